The van der Waals surface area contributed by atoms with Gasteiger partial charge >= 0.3 is 0 Å². The minimum atomic E-state index is -0.862. The summed E-state index contributed by atoms with van der Waals surface area (Å²) in [4.78, 5) is 15.8. The number of ketones is 1. The van der Waals surface area contributed by atoms with Gasteiger partial charge in [0.15, 0.2) is 5.78 Å². The number of carbonyl (C=O) groups is 1. The highest BCUT2D eigenvalue weighted by Gasteiger charge is 2.44. The number of rotatable bonds is 2. The summed E-state index contributed by atoms with van der Waals surface area (Å²) in [5.74, 6) is 0.199. The SMILES string of the molecule is CC1CCCN=CC12CNC(C(=O)CF)C2. The zero-order valence-electron chi connectivity index (χ0n) is 9.71. The number of alkyl halides is 1. The number of aliphatic imine (C=N–C) groups is 1. The van der Waals surface area contributed by atoms with Crippen LogP contribution in [0.2, 0.25) is 0 Å². The molecule has 1 fully saturated rings. The van der Waals surface area contributed by atoms with E-state index >= 15 is 0 Å². The van der Waals surface area contributed by atoms with Crippen molar-refractivity contribution in [1.29, 1.82) is 0 Å². The van der Waals surface area contributed by atoms with Crippen molar-refractivity contribution in [1.82, 2.24) is 5.32 Å². The van der Waals surface area contributed by atoms with Crippen LogP contribution in [0.5, 0.6) is 0 Å². The molecule has 1 spiro atoms. The molecule has 4 heteroatoms. The minimum Gasteiger partial charge on any atom is -0.306 e. The van der Waals surface area contributed by atoms with E-state index in [0.29, 0.717) is 12.3 Å². The van der Waals surface area contributed by atoms with Crippen molar-refractivity contribution in [3.8, 4) is 0 Å². The molecule has 2 aliphatic heterocycles. The number of Topliss-reactive ketones (excluding diaryl/α,β-unsaturated/α-hetero) is 1. The smallest absolute Gasteiger partial charge is 0.180 e. The van der Waals surface area contributed by atoms with Crippen LogP contribution in [0.15, 0.2) is 4.99 Å². The summed E-state index contributed by atoms with van der Waals surface area (Å²) in [7, 11) is 0. The molecule has 3 atom stereocenters. The van der Waals surface area contributed by atoms with E-state index in [4.69, 9.17) is 0 Å². The predicted molar refractivity (Wildman–Crippen MR) is 61.6 cm³/mol. The Morgan fingerprint density at radius 3 is 3.25 bits per heavy atom. The van der Waals surface area contributed by atoms with Gasteiger partial charge in [-0.2, -0.15) is 0 Å². The second-order valence-electron chi connectivity index (χ2n) is 5.05. The van der Waals surface area contributed by atoms with Crippen LogP contribution in [0.25, 0.3) is 0 Å². The second kappa shape index (κ2) is 4.62. The largest absolute Gasteiger partial charge is 0.306 e. The first kappa shape index (κ1) is 11.7. The van der Waals surface area contributed by atoms with E-state index in [2.05, 4.69) is 17.2 Å². The summed E-state index contributed by atoms with van der Waals surface area (Å²) in [5, 5.41) is 3.15. The number of nitrogens with zero attached hydrogens (tertiary/aromatic N) is 1. The number of hydrogen-bond donors (Lipinski definition) is 1. The lowest BCUT2D eigenvalue weighted by atomic mass is 9.73. The summed E-state index contributed by atoms with van der Waals surface area (Å²) in [5.41, 5.74) is -0.0218. The molecule has 1 saturated heterocycles. The fourth-order valence-electron chi connectivity index (χ4n) is 2.78. The van der Waals surface area contributed by atoms with E-state index in [0.717, 1.165) is 25.9 Å². The number of nitrogens with one attached hydrogen (secondary N) is 1. The van der Waals surface area contributed by atoms with E-state index in [1.54, 1.807) is 0 Å². The number of hydrogen-bond acceptors (Lipinski definition) is 3. The fraction of sp³-hybridized carbons (Fsp3) is 0.833. The Hall–Kier alpha value is -0.770. The van der Waals surface area contributed by atoms with Crippen LogP contribution in [-0.4, -0.2) is 37.8 Å². The van der Waals surface area contributed by atoms with Crippen molar-refractivity contribution in [3.05, 3.63) is 0 Å². The van der Waals surface area contributed by atoms with Gasteiger partial charge in [0.1, 0.15) is 6.67 Å². The molecule has 0 aromatic rings. The Morgan fingerprint density at radius 2 is 2.50 bits per heavy atom. The van der Waals surface area contributed by atoms with Crippen molar-refractivity contribution in [2.45, 2.75) is 32.2 Å². The molecule has 0 aromatic heterocycles. The fourth-order valence-corrected chi connectivity index (χ4v) is 2.78. The third-order valence-electron chi connectivity index (χ3n) is 4.04. The van der Waals surface area contributed by atoms with Crippen LogP contribution in [0.3, 0.4) is 0 Å². The summed E-state index contributed by atoms with van der Waals surface area (Å²) in [6, 6.07) is -0.308. The van der Waals surface area contributed by atoms with Crippen molar-refractivity contribution in [2.75, 3.05) is 19.8 Å². The van der Waals surface area contributed by atoms with E-state index in [1.807, 2.05) is 6.21 Å². The van der Waals surface area contributed by atoms with E-state index < -0.39 is 6.67 Å². The van der Waals surface area contributed by atoms with Crippen LogP contribution in [0.1, 0.15) is 26.2 Å². The van der Waals surface area contributed by atoms with Crippen LogP contribution in [-0.2, 0) is 4.79 Å². The van der Waals surface area contributed by atoms with Crippen LogP contribution in [0.4, 0.5) is 4.39 Å². The highest BCUT2D eigenvalue weighted by Crippen LogP contribution is 2.39. The normalized spacial score (nSPS) is 38.9. The number of halogens is 1. The predicted octanol–water partition coefficient (Wildman–Crippen LogP) is 1.37. The first-order chi connectivity index (χ1) is 7.68. The van der Waals surface area contributed by atoms with Crippen molar-refractivity contribution >= 4 is 12.0 Å². The molecule has 0 aromatic carbocycles. The molecule has 3 unspecified atom stereocenters. The van der Waals surface area contributed by atoms with E-state index in [-0.39, 0.29) is 17.2 Å². The monoisotopic (exact) mass is 226 g/mol. The first-order valence-electron chi connectivity index (χ1n) is 6.01. The van der Waals surface area contributed by atoms with Gasteiger partial charge in [0, 0.05) is 24.7 Å². The summed E-state index contributed by atoms with van der Waals surface area (Å²) < 4.78 is 12.3. The third kappa shape index (κ3) is 2.03. The zero-order valence-corrected chi connectivity index (χ0v) is 9.71. The average Bonchev–Trinajstić information content (AvgIpc) is 2.64. The Morgan fingerprint density at radius 1 is 1.69 bits per heavy atom. The average molecular weight is 226 g/mol. The lowest BCUT2D eigenvalue weighted by Gasteiger charge is -2.29. The van der Waals surface area contributed by atoms with Crippen molar-refractivity contribution < 1.29 is 9.18 Å². The minimum absolute atomic E-state index is 0.0218. The van der Waals surface area contributed by atoms with Gasteiger partial charge in [0.05, 0.1) is 6.04 Å². The molecular weight excluding hydrogens is 207 g/mol. The maximum atomic E-state index is 12.3. The van der Waals surface area contributed by atoms with Gasteiger partial charge in [-0.15, -0.1) is 0 Å². The summed E-state index contributed by atoms with van der Waals surface area (Å²) >= 11 is 0. The lowest BCUT2D eigenvalue weighted by Crippen LogP contribution is -2.32. The molecule has 0 saturated carbocycles. The van der Waals surface area contributed by atoms with Crippen molar-refractivity contribution in [2.24, 2.45) is 16.3 Å². The molecule has 3 nitrogen and oxygen atoms in total. The van der Waals surface area contributed by atoms with Gasteiger partial charge in [0.25, 0.3) is 0 Å². The highest BCUT2D eigenvalue weighted by molar-refractivity contribution is 5.86. The van der Waals surface area contributed by atoms with Gasteiger partial charge < -0.3 is 5.32 Å². The van der Waals surface area contributed by atoms with Gasteiger partial charge in [-0.25, -0.2) is 4.39 Å². The number of carbonyl (C=O) groups excluding carboxylic acids is 1. The standard InChI is InChI=1S/C12H19FN2O/c1-9-3-2-4-14-7-12(9)5-10(15-8-12)11(16)6-13/h7,9-10,15H,2-6,8H2,1H3. The van der Waals surface area contributed by atoms with Gasteiger partial charge in [-0.05, 0) is 25.2 Å². The summed E-state index contributed by atoms with van der Waals surface area (Å²) in [6.07, 6.45) is 4.98. The molecule has 2 rings (SSSR count). The third-order valence-corrected chi connectivity index (χ3v) is 4.04. The van der Waals surface area contributed by atoms with Gasteiger partial charge in [-0.1, -0.05) is 6.92 Å². The van der Waals surface area contributed by atoms with Crippen LogP contribution >= 0.6 is 0 Å². The van der Waals surface area contributed by atoms with Crippen LogP contribution < -0.4 is 5.32 Å². The molecule has 2 aliphatic rings. The molecule has 90 valence electrons. The second-order valence-corrected chi connectivity index (χ2v) is 5.05. The van der Waals surface area contributed by atoms with Gasteiger partial charge in [-0.3, -0.25) is 9.79 Å². The Bertz CT molecular complexity index is 305. The molecular formula is C12H19FN2O. The molecule has 0 aliphatic carbocycles. The van der Waals surface area contributed by atoms with Gasteiger partial charge in [0.2, 0.25) is 0 Å². The molecule has 0 radical (unpaired) electrons. The highest BCUT2D eigenvalue weighted by atomic mass is 19.1. The first-order valence-corrected chi connectivity index (χ1v) is 6.01. The van der Waals surface area contributed by atoms with Crippen molar-refractivity contribution in [3.63, 3.8) is 0 Å². The lowest BCUT2D eigenvalue weighted by molar-refractivity contribution is -0.121. The molecule has 2 heterocycles. The maximum Gasteiger partial charge on any atom is 0.180 e. The quantitative estimate of drug-likeness (QED) is 0.772. The zero-order chi connectivity index (χ0) is 11.6. The maximum absolute atomic E-state index is 12.3. The Labute approximate surface area is 95.5 Å². The molecule has 0 amide bonds. The molecule has 0 bridgehead atoms. The summed E-state index contributed by atoms with van der Waals surface area (Å²) in [6.45, 7) is 2.99. The van der Waals surface area contributed by atoms with E-state index in [1.165, 1.54) is 0 Å². The molecule has 1 N–H and O–H groups in total. The van der Waals surface area contributed by atoms with E-state index in [9.17, 15) is 9.18 Å². The van der Waals surface area contributed by atoms with Crippen LogP contribution in [0, 0.1) is 11.3 Å². The topological polar surface area (TPSA) is 41.5 Å². The Kier molecular flexibility index (Phi) is 3.38. The Balaban J connectivity index is 2.11. The molecule has 16 heavy (non-hydrogen) atoms.